The number of hydrogen-bond acceptors (Lipinski definition) is 2. The largest absolute Gasteiger partial charge is 0.440 e. The molecule has 1 aromatic carbocycles. The van der Waals surface area contributed by atoms with Crippen LogP contribution in [0.25, 0.3) is 0 Å². The highest BCUT2D eigenvalue weighted by molar-refractivity contribution is 6.29. The average Bonchev–Trinajstić information content (AvgIpc) is 2.79. The topological polar surface area (TPSA) is 33.5 Å². The van der Waals surface area contributed by atoms with Crippen LogP contribution in [0.15, 0.2) is 34.7 Å². The molecule has 0 atom stereocenters. The van der Waals surface area contributed by atoms with Crippen LogP contribution in [0.4, 0.5) is 8.78 Å². The van der Waals surface area contributed by atoms with Gasteiger partial charge in [-0.05, 0) is 41.4 Å². The molecular formula is C13H10ClF2NO2. The standard InChI is InChI=1S/C13H10ClF2NO2/c1-17(13(18)11-4-5-12(14)19-11)7-8-2-3-9(15)10(16)6-8/h2-6H,7H2,1H3. The van der Waals surface area contributed by atoms with Crippen molar-refractivity contribution in [1.29, 1.82) is 0 Å². The molecule has 0 saturated carbocycles. The zero-order valence-corrected chi connectivity index (χ0v) is 10.7. The summed E-state index contributed by atoms with van der Waals surface area (Å²) in [7, 11) is 1.53. The Balaban J connectivity index is 2.10. The van der Waals surface area contributed by atoms with E-state index in [1.165, 1.54) is 30.1 Å². The summed E-state index contributed by atoms with van der Waals surface area (Å²) >= 11 is 5.58. The summed E-state index contributed by atoms with van der Waals surface area (Å²) in [4.78, 5) is 13.2. The molecule has 0 bridgehead atoms. The molecule has 2 rings (SSSR count). The van der Waals surface area contributed by atoms with Crippen molar-refractivity contribution in [3.63, 3.8) is 0 Å². The molecular weight excluding hydrogens is 276 g/mol. The minimum atomic E-state index is -0.945. The molecule has 0 unspecified atom stereocenters. The van der Waals surface area contributed by atoms with Crippen LogP contribution < -0.4 is 0 Å². The van der Waals surface area contributed by atoms with Crippen LogP contribution in [-0.2, 0) is 6.54 Å². The third-order valence-corrected chi connectivity index (χ3v) is 2.74. The second kappa shape index (κ2) is 5.40. The van der Waals surface area contributed by atoms with Gasteiger partial charge in [-0.3, -0.25) is 4.79 Å². The highest BCUT2D eigenvalue weighted by atomic mass is 35.5. The van der Waals surface area contributed by atoms with Gasteiger partial charge in [0.05, 0.1) is 0 Å². The van der Waals surface area contributed by atoms with Crippen molar-refractivity contribution in [3.8, 4) is 0 Å². The molecule has 0 saturated heterocycles. The van der Waals surface area contributed by atoms with E-state index in [0.717, 1.165) is 12.1 Å². The predicted octanol–water partition coefficient (Wildman–Crippen LogP) is 3.48. The van der Waals surface area contributed by atoms with Crippen LogP contribution in [0.2, 0.25) is 5.22 Å². The first-order valence-corrected chi connectivity index (χ1v) is 5.80. The number of amides is 1. The van der Waals surface area contributed by atoms with Crippen molar-refractivity contribution in [2.24, 2.45) is 0 Å². The van der Waals surface area contributed by atoms with E-state index in [4.69, 9.17) is 16.0 Å². The summed E-state index contributed by atoms with van der Waals surface area (Å²) in [6, 6.07) is 6.39. The van der Waals surface area contributed by atoms with Gasteiger partial charge in [0.2, 0.25) is 0 Å². The highest BCUT2D eigenvalue weighted by Crippen LogP contribution is 2.16. The predicted molar refractivity (Wildman–Crippen MR) is 65.9 cm³/mol. The minimum absolute atomic E-state index is 0.0927. The molecule has 0 spiro atoms. The maximum Gasteiger partial charge on any atom is 0.289 e. The highest BCUT2D eigenvalue weighted by Gasteiger charge is 2.16. The van der Waals surface area contributed by atoms with Crippen LogP contribution in [0.1, 0.15) is 16.1 Å². The quantitative estimate of drug-likeness (QED) is 0.865. The second-order valence-electron chi connectivity index (χ2n) is 4.01. The van der Waals surface area contributed by atoms with E-state index in [1.54, 1.807) is 0 Å². The van der Waals surface area contributed by atoms with Gasteiger partial charge in [0.25, 0.3) is 5.91 Å². The number of nitrogens with zero attached hydrogens (tertiary/aromatic N) is 1. The molecule has 100 valence electrons. The van der Waals surface area contributed by atoms with E-state index in [2.05, 4.69) is 0 Å². The van der Waals surface area contributed by atoms with Crippen molar-refractivity contribution in [2.45, 2.75) is 6.54 Å². The van der Waals surface area contributed by atoms with Gasteiger partial charge in [-0.25, -0.2) is 8.78 Å². The van der Waals surface area contributed by atoms with Crippen LogP contribution >= 0.6 is 11.6 Å². The van der Waals surface area contributed by atoms with E-state index in [-0.39, 0.29) is 17.5 Å². The van der Waals surface area contributed by atoms with Crippen LogP contribution in [-0.4, -0.2) is 17.9 Å². The Kier molecular flexibility index (Phi) is 3.85. The first-order chi connectivity index (χ1) is 8.97. The summed E-state index contributed by atoms with van der Waals surface area (Å²) in [5.74, 6) is -2.17. The van der Waals surface area contributed by atoms with Crippen molar-refractivity contribution in [2.75, 3.05) is 7.05 Å². The van der Waals surface area contributed by atoms with E-state index in [9.17, 15) is 13.6 Å². The third kappa shape index (κ3) is 3.12. The lowest BCUT2D eigenvalue weighted by Gasteiger charge is -2.15. The first-order valence-electron chi connectivity index (χ1n) is 5.42. The number of benzene rings is 1. The summed E-state index contributed by atoms with van der Waals surface area (Å²) in [5.41, 5.74) is 0.479. The van der Waals surface area contributed by atoms with Crippen LogP contribution in [0.3, 0.4) is 0 Å². The first kappa shape index (κ1) is 13.5. The molecule has 3 nitrogen and oxygen atoms in total. The summed E-state index contributed by atoms with van der Waals surface area (Å²) in [5, 5.41) is 0.115. The average molecular weight is 286 g/mol. The van der Waals surface area contributed by atoms with E-state index >= 15 is 0 Å². The van der Waals surface area contributed by atoms with Crippen molar-refractivity contribution in [1.82, 2.24) is 4.90 Å². The van der Waals surface area contributed by atoms with E-state index < -0.39 is 17.5 Å². The Bertz CT molecular complexity index is 612. The van der Waals surface area contributed by atoms with Gasteiger partial charge < -0.3 is 9.32 Å². The maximum atomic E-state index is 13.0. The zero-order valence-electron chi connectivity index (χ0n) is 9.99. The SMILES string of the molecule is CN(Cc1ccc(F)c(F)c1)C(=O)c1ccc(Cl)o1. The second-order valence-corrected chi connectivity index (χ2v) is 4.39. The lowest BCUT2D eigenvalue weighted by Crippen LogP contribution is -2.25. The number of hydrogen-bond donors (Lipinski definition) is 0. The van der Waals surface area contributed by atoms with Crippen molar-refractivity contribution >= 4 is 17.5 Å². The molecule has 0 aliphatic heterocycles. The van der Waals surface area contributed by atoms with Gasteiger partial charge in [-0.1, -0.05) is 6.07 Å². The third-order valence-electron chi connectivity index (χ3n) is 2.53. The van der Waals surface area contributed by atoms with Gasteiger partial charge in [-0.15, -0.1) is 0 Å². The summed E-state index contributed by atoms with van der Waals surface area (Å²) in [6.07, 6.45) is 0. The Hall–Kier alpha value is -1.88. The molecule has 19 heavy (non-hydrogen) atoms. The fraction of sp³-hybridized carbons (Fsp3) is 0.154. The number of rotatable bonds is 3. The lowest BCUT2D eigenvalue weighted by atomic mass is 10.2. The molecule has 0 radical (unpaired) electrons. The number of halogens is 3. The van der Waals surface area contributed by atoms with E-state index in [0.29, 0.717) is 5.56 Å². The monoisotopic (exact) mass is 285 g/mol. The van der Waals surface area contributed by atoms with Crippen LogP contribution in [0.5, 0.6) is 0 Å². The zero-order chi connectivity index (χ0) is 14.0. The number of furan rings is 1. The van der Waals surface area contributed by atoms with Crippen LogP contribution in [0, 0.1) is 11.6 Å². The Morgan fingerprint density at radius 1 is 1.26 bits per heavy atom. The van der Waals surface area contributed by atoms with Gasteiger partial charge in [0, 0.05) is 13.6 Å². The minimum Gasteiger partial charge on any atom is -0.440 e. The van der Waals surface area contributed by atoms with Gasteiger partial charge in [0.15, 0.2) is 22.6 Å². The van der Waals surface area contributed by atoms with E-state index in [1.807, 2.05) is 0 Å². The fourth-order valence-corrected chi connectivity index (χ4v) is 1.75. The lowest BCUT2D eigenvalue weighted by molar-refractivity contribution is 0.0753. The van der Waals surface area contributed by atoms with Gasteiger partial charge >= 0.3 is 0 Å². The molecule has 6 heteroatoms. The fourth-order valence-electron chi connectivity index (χ4n) is 1.60. The molecule has 1 amide bonds. The molecule has 2 aromatic rings. The number of carbonyl (C=O) groups is 1. The molecule has 1 aromatic heterocycles. The molecule has 1 heterocycles. The normalized spacial score (nSPS) is 10.5. The Morgan fingerprint density at radius 3 is 2.58 bits per heavy atom. The molecule has 0 fully saturated rings. The molecule has 0 N–H and O–H groups in total. The molecule has 0 aliphatic carbocycles. The maximum absolute atomic E-state index is 13.0. The number of carbonyl (C=O) groups excluding carboxylic acids is 1. The smallest absolute Gasteiger partial charge is 0.289 e. The summed E-state index contributed by atoms with van der Waals surface area (Å²) < 4.78 is 30.8. The Labute approximate surface area is 113 Å². The van der Waals surface area contributed by atoms with Gasteiger partial charge in [-0.2, -0.15) is 0 Å². The molecule has 0 aliphatic rings. The van der Waals surface area contributed by atoms with Crippen molar-refractivity contribution < 1.29 is 18.0 Å². The Morgan fingerprint density at radius 2 is 2.00 bits per heavy atom. The van der Waals surface area contributed by atoms with Gasteiger partial charge in [0.1, 0.15) is 0 Å². The summed E-state index contributed by atoms with van der Waals surface area (Å²) in [6.45, 7) is 0.133. The van der Waals surface area contributed by atoms with Crippen molar-refractivity contribution in [3.05, 3.63) is 58.5 Å².